The van der Waals surface area contributed by atoms with E-state index in [0.717, 1.165) is 6.07 Å². The number of benzene rings is 2. The molecule has 0 aliphatic heterocycles. The van der Waals surface area contributed by atoms with Crippen LogP contribution in [0.4, 0.5) is 0 Å². The first kappa shape index (κ1) is 19.8. The molecule has 21 heavy (non-hydrogen) atoms. The standard InChI is InChI=1S/C14H14O5.2Li/c1-7-9-4-8(14(16)17)5-11(15)10(9)6-12(18-2)13(7)19-3;;/h4-6,15H,1-3H3,(H,16,17);;/q;2*+1/p-2. The van der Waals surface area contributed by atoms with E-state index in [2.05, 4.69) is 0 Å². The maximum Gasteiger partial charge on any atom is 1.00 e. The Morgan fingerprint density at radius 2 is 1.67 bits per heavy atom. The van der Waals surface area contributed by atoms with Crippen LogP contribution in [0.25, 0.3) is 10.8 Å². The van der Waals surface area contributed by atoms with Gasteiger partial charge in [-0.3, -0.25) is 0 Å². The molecule has 0 aliphatic rings. The van der Waals surface area contributed by atoms with Gasteiger partial charge < -0.3 is 24.5 Å². The number of carboxylic acids is 1. The molecule has 0 saturated carbocycles. The van der Waals surface area contributed by atoms with E-state index in [1.54, 1.807) is 13.0 Å². The second-order valence-electron chi connectivity index (χ2n) is 4.09. The summed E-state index contributed by atoms with van der Waals surface area (Å²) in [6, 6.07) is 3.99. The third-order valence-corrected chi connectivity index (χ3v) is 3.05. The first-order valence-corrected chi connectivity index (χ1v) is 5.57. The molecule has 0 atom stereocenters. The van der Waals surface area contributed by atoms with Crippen LogP contribution in [0, 0.1) is 6.92 Å². The summed E-state index contributed by atoms with van der Waals surface area (Å²) in [5, 5.41) is 23.7. The molecule has 2 rings (SSSR count). The van der Waals surface area contributed by atoms with Gasteiger partial charge in [0, 0.05) is 5.56 Å². The normalized spacial score (nSPS) is 9.48. The summed E-state index contributed by atoms with van der Waals surface area (Å²) in [6.07, 6.45) is 0. The molecular weight excluding hydrogens is 262 g/mol. The number of hydrogen-bond acceptors (Lipinski definition) is 5. The molecule has 0 radical (unpaired) electrons. The van der Waals surface area contributed by atoms with E-state index in [9.17, 15) is 15.0 Å². The van der Waals surface area contributed by atoms with Crippen molar-refractivity contribution in [1.29, 1.82) is 0 Å². The summed E-state index contributed by atoms with van der Waals surface area (Å²) in [7, 11) is 2.96. The van der Waals surface area contributed by atoms with E-state index in [-0.39, 0.29) is 49.0 Å². The van der Waals surface area contributed by atoms with Crippen molar-refractivity contribution in [2.75, 3.05) is 14.2 Å². The van der Waals surface area contributed by atoms with Gasteiger partial charge >= 0.3 is 37.7 Å². The molecule has 2 aromatic rings. The molecule has 0 saturated heterocycles. The van der Waals surface area contributed by atoms with E-state index in [1.165, 1.54) is 20.3 Å². The fourth-order valence-electron chi connectivity index (χ4n) is 2.11. The summed E-state index contributed by atoms with van der Waals surface area (Å²) in [4.78, 5) is 10.9. The van der Waals surface area contributed by atoms with Crippen molar-refractivity contribution in [3.63, 3.8) is 0 Å². The third kappa shape index (κ3) is 3.51. The Hall–Kier alpha value is -1.24. The van der Waals surface area contributed by atoms with Crippen molar-refractivity contribution in [3.8, 4) is 17.2 Å². The fourth-order valence-corrected chi connectivity index (χ4v) is 2.11. The first-order valence-electron chi connectivity index (χ1n) is 5.57. The Morgan fingerprint density at radius 3 is 2.14 bits per heavy atom. The van der Waals surface area contributed by atoms with Gasteiger partial charge in [-0.15, -0.1) is 5.75 Å². The second-order valence-corrected chi connectivity index (χ2v) is 4.09. The fraction of sp³-hybridized carbons (Fsp3) is 0.214. The van der Waals surface area contributed by atoms with Gasteiger partial charge in [0.2, 0.25) is 0 Å². The van der Waals surface area contributed by atoms with Crippen molar-refractivity contribution >= 4 is 16.7 Å². The van der Waals surface area contributed by atoms with Crippen molar-refractivity contribution < 1.29 is 62.2 Å². The van der Waals surface area contributed by atoms with Gasteiger partial charge in [-0.25, -0.2) is 0 Å². The third-order valence-electron chi connectivity index (χ3n) is 3.05. The van der Waals surface area contributed by atoms with E-state index in [1.807, 2.05) is 0 Å². The van der Waals surface area contributed by atoms with E-state index in [0.29, 0.717) is 27.8 Å². The van der Waals surface area contributed by atoms with Crippen LogP contribution < -0.4 is 57.4 Å². The van der Waals surface area contributed by atoms with Gasteiger partial charge in [0.1, 0.15) is 0 Å². The summed E-state index contributed by atoms with van der Waals surface area (Å²) < 4.78 is 10.4. The van der Waals surface area contributed by atoms with Crippen LogP contribution in [0.1, 0.15) is 15.9 Å². The molecule has 0 aromatic heterocycles. The zero-order valence-corrected chi connectivity index (χ0v) is 12.8. The quantitative estimate of drug-likeness (QED) is 0.522. The molecule has 100 valence electrons. The zero-order chi connectivity index (χ0) is 14.2. The van der Waals surface area contributed by atoms with Gasteiger partial charge in [-0.2, -0.15) is 0 Å². The Labute approximate surface area is 146 Å². The number of carboxylic acid groups (broad SMARTS) is 1. The SMILES string of the molecule is COc1cc2c([O-])cc(C(=O)[O-])cc2c(C)c1OC.[Li+].[Li+]. The maximum absolute atomic E-state index is 11.9. The number of hydrogen-bond donors (Lipinski definition) is 0. The molecule has 0 amide bonds. The average molecular weight is 274 g/mol. The molecule has 0 aliphatic carbocycles. The van der Waals surface area contributed by atoms with Crippen LogP contribution in [0.15, 0.2) is 18.2 Å². The number of aryl methyl sites for hydroxylation is 1. The summed E-state index contributed by atoms with van der Waals surface area (Å²) in [5.74, 6) is -0.857. The van der Waals surface area contributed by atoms with Gasteiger partial charge in [0.15, 0.2) is 11.5 Å². The minimum absolute atomic E-state index is 0. The number of ether oxygens (including phenoxy) is 2. The molecule has 7 heteroatoms. The number of carbonyl (C=O) groups excluding carboxylic acids is 1. The number of fused-ring (bicyclic) bond motifs is 1. The number of aromatic carboxylic acids is 1. The number of rotatable bonds is 3. The molecule has 5 nitrogen and oxygen atoms in total. The molecule has 0 N–H and O–H groups in total. The summed E-state index contributed by atoms with van der Waals surface area (Å²) in [5.41, 5.74) is 0.505. The monoisotopic (exact) mass is 274 g/mol. The van der Waals surface area contributed by atoms with Gasteiger partial charge in [-0.1, -0.05) is 6.07 Å². The van der Waals surface area contributed by atoms with Crippen molar-refractivity contribution in [2.45, 2.75) is 6.92 Å². The minimum Gasteiger partial charge on any atom is -0.872 e. The van der Waals surface area contributed by atoms with E-state index < -0.39 is 5.97 Å². The maximum atomic E-state index is 11.9. The minimum atomic E-state index is -1.38. The van der Waals surface area contributed by atoms with E-state index >= 15 is 0 Å². The molecule has 0 spiro atoms. The summed E-state index contributed by atoms with van der Waals surface area (Å²) >= 11 is 0. The average Bonchev–Trinajstić information content (AvgIpc) is 2.38. The predicted molar refractivity (Wildman–Crippen MR) is 65.6 cm³/mol. The number of carbonyl (C=O) groups is 1. The first-order chi connectivity index (χ1) is 8.99. The smallest absolute Gasteiger partial charge is 0.872 e. The molecule has 0 bridgehead atoms. The Morgan fingerprint density at radius 1 is 1.05 bits per heavy atom. The molecule has 0 unspecified atom stereocenters. The van der Waals surface area contributed by atoms with Gasteiger partial charge in [-0.05, 0) is 35.4 Å². The van der Waals surface area contributed by atoms with Crippen LogP contribution in [-0.4, -0.2) is 20.2 Å². The van der Waals surface area contributed by atoms with Crippen molar-refractivity contribution in [2.24, 2.45) is 0 Å². The van der Waals surface area contributed by atoms with Crippen LogP contribution in [0.2, 0.25) is 0 Å². The molecule has 2 aromatic carbocycles. The summed E-state index contributed by atoms with van der Waals surface area (Å²) in [6.45, 7) is 1.74. The Balaban J connectivity index is 0.00000200. The van der Waals surface area contributed by atoms with Crippen LogP contribution in [-0.2, 0) is 0 Å². The van der Waals surface area contributed by atoms with Crippen LogP contribution in [0.3, 0.4) is 0 Å². The van der Waals surface area contributed by atoms with Gasteiger partial charge in [0.25, 0.3) is 0 Å². The molecular formula is C14H12Li2O5. The Bertz CT molecular complexity index is 670. The predicted octanol–water partition coefficient (Wildman–Crippen LogP) is -5.39. The zero-order valence-electron chi connectivity index (χ0n) is 12.8. The van der Waals surface area contributed by atoms with Crippen molar-refractivity contribution in [1.82, 2.24) is 0 Å². The second kappa shape index (κ2) is 7.68. The van der Waals surface area contributed by atoms with E-state index in [4.69, 9.17) is 9.47 Å². The topological polar surface area (TPSA) is 81.7 Å². The van der Waals surface area contributed by atoms with Gasteiger partial charge in [0.05, 0.1) is 20.2 Å². The Kier molecular flexibility index (Phi) is 7.23. The van der Waals surface area contributed by atoms with Crippen LogP contribution in [0.5, 0.6) is 17.2 Å². The largest absolute Gasteiger partial charge is 1.00 e. The molecule has 0 heterocycles. The molecule has 0 fully saturated rings. The van der Waals surface area contributed by atoms with Crippen molar-refractivity contribution in [3.05, 3.63) is 29.3 Å². The number of methoxy groups -OCH3 is 2. The van der Waals surface area contributed by atoms with Crippen LogP contribution >= 0.6 is 0 Å².